The van der Waals surface area contributed by atoms with Gasteiger partial charge in [0.1, 0.15) is 17.6 Å². The molecule has 2 aliphatic rings. The number of amides is 2. The maximum Gasteiger partial charge on any atom is 0.269 e. The van der Waals surface area contributed by atoms with Gasteiger partial charge in [-0.25, -0.2) is 9.89 Å². The number of thioether (sulfide) groups is 1. The number of rotatable bonds is 7. The molecule has 3 aromatic rings. The van der Waals surface area contributed by atoms with Gasteiger partial charge >= 0.3 is 0 Å². The van der Waals surface area contributed by atoms with E-state index >= 15 is 0 Å². The summed E-state index contributed by atoms with van der Waals surface area (Å²) in [6.07, 6.45) is 1.42. The number of fused-ring (bicyclic) bond motifs is 3. The number of hydrogen-bond acceptors (Lipinski definition) is 8. The molecular formula is C24H19N5O5S. The Hall–Kier alpha value is -4.25. The van der Waals surface area contributed by atoms with Crippen molar-refractivity contribution in [2.24, 2.45) is 9.98 Å². The third-order valence-electron chi connectivity index (χ3n) is 5.46. The van der Waals surface area contributed by atoms with Crippen LogP contribution < -0.4 is 5.32 Å². The second kappa shape index (κ2) is 9.55. The average Bonchev–Trinajstić information content (AvgIpc) is 3.50. The van der Waals surface area contributed by atoms with E-state index in [0.717, 1.165) is 5.56 Å². The molecule has 1 atom stereocenters. The molecule has 35 heavy (non-hydrogen) atoms. The summed E-state index contributed by atoms with van der Waals surface area (Å²) < 4.78 is 5.22. The number of nitrogens with one attached hydrogen (secondary N) is 1. The smallest absolute Gasteiger partial charge is 0.269 e. The third-order valence-corrected chi connectivity index (χ3v) is 6.47. The van der Waals surface area contributed by atoms with Crippen molar-refractivity contribution in [2.45, 2.75) is 24.8 Å². The molecule has 1 aromatic heterocycles. The van der Waals surface area contributed by atoms with Crippen molar-refractivity contribution >= 4 is 46.0 Å². The van der Waals surface area contributed by atoms with E-state index in [2.05, 4.69) is 15.3 Å². The standard InChI is InChI=1S/C24H19N5O5S/c30-21(25-13-17-7-4-10-34-17)12-20-23(31)28-22(26-20)18-8-1-2-9-19(18)27-24(28)35-14-15-5-3-6-16(11-15)29(32)33/h1-11,20H,12-14H2,(H,25,30)/t20-/m0/s1. The van der Waals surface area contributed by atoms with Crippen LogP contribution in [0.25, 0.3) is 0 Å². The highest BCUT2D eigenvalue weighted by Gasteiger charge is 2.42. The number of nitrogens with zero attached hydrogens (tertiary/aromatic N) is 4. The molecule has 3 heterocycles. The fourth-order valence-electron chi connectivity index (χ4n) is 3.79. The zero-order chi connectivity index (χ0) is 24.4. The average molecular weight is 490 g/mol. The van der Waals surface area contributed by atoms with Gasteiger partial charge in [0.15, 0.2) is 5.17 Å². The van der Waals surface area contributed by atoms with Crippen LogP contribution in [0.3, 0.4) is 0 Å². The summed E-state index contributed by atoms with van der Waals surface area (Å²) in [5.74, 6) is 0.772. The first-order chi connectivity index (χ1) is 17.0. The van der Waals surface area contributed by atoms with Crippen molar-refractivity contribution in [1.29, 1.82) is 0 Å². The summed E-state index contributed by atoms with van der Waals surface area (Å²) in [5, 5.41) is 14.3. The molecule has 2 amide bonds. The fourth-order valence-corrected chi connectivity index (χ4v) is 4.73. The van der Waals surface area contributed by atoms with Gasteiger partial charge in [-0.05, 0) is 29.8 Å². The first-order valence-electron chi connectivity index (χ1n) is 10.7. The van der Waals surface area contributed by atoms with Crippen LogP contribution in [0.5, 0.6) is 0 Å². The lowest BCUT2D eigenvalue weighted by molar-refractivity contribution is -0.384. The Morgan fingerprint density at radius 1 is 1.17 bits per heavy atom. The monoisotopic (exact) mass is 489 g/mol. The Morgan fingerprint density at radius 3 is 2.83 bits per heavy atom. The van der Waals surface area contributed by atoms with Crippen molar-refractivity contribution in [1.82, 2.24) is 10.2 Å². The molecule has 0 unspecified atom stereocenters. The first kappa shape index (κ1) is 22.5. The van der Waals surface area contributed by atoms with Crippen LogP contribution in [0.15, 0.2) is 81.3 Å². The van der Waals surface area contributed by atoms with Crippen LogP contribution in [-0.4, -0.2) is 38.7 Å². The van der Waals surface area contributed by atoms with E-state index in [4.69, 9.17) is 4.42 Å². The second-order valence-corrected chi connectivity index (χ2v) is 8.77. The number of furan rings is 1. The van der Waals surface area contributed by atoms with E-state index in [1.54, 1.807) is 24.3 Å². The largest absolute Gasteiger partial charge is 0.467 e. The van der Waals surface area contributed by atoms with Crippen LogP contribution in [0.1, 0.15) is 23.3 Å². The van der Waals surface area contributed by atoms with Crippen molar-refractivity contribution in [3.05, 3.63) is 93.9 Å². The predicted octanol–water partition coefficient (Wildman–Crippen LogP) is 3.79. The van der Waals surface area contributed by atoms with E-state index in [9.17, 15) is 19.7 Å². The molecule has 0 saturated heterocycles. The number of nitro benzene ring substituents is 1. The van der Waals surface area contributed by atoms with Crippen molar-refractivity contribution in [3.8, 4) is 0 Å². The van der Waals surface area contributed by atoms with Gasteiger partial charge in [0, 0.05) is 23.4 Å². The quantitative estimate of drug-likeness (QED) is 0.397. The minimum atomic E-state index is -0.878. The maximum atomic E-state index is 13.3. The number of hydrogen-bond donors (Lipinski definition) is 1. The Morgan fingerprint density at radius 2 is 2.03 bits per heavy atom. The van der Waals surface area contributed by atoms with Gasteiger partial charge in [-0.15, -0.1) is 0 Å². The zero-order valence-corrected chi connectivity index (χ0v) is 19.1. The van der Waals surface area contributed by atoms with Crippen molar-refractivity contribution < 1.29 is 18.9 Å². The molecule has 0 fully saturated rings. The summed E-state index contributed by atoms with van der Waals surface area (Å²) in [4.78, 5) is 47.1. The molecule has 0 saturated carbocycles. The molecule has 1 N–H and O–H groups in total. The van der Waals surface area contributed by atoms with Gasteiger partial charge in [0.25, 0.3) is 11.6 Å². The summed E-state index contributed by atoms with van der Waals surface area (Å²) in [7, 11) is 0. The predicted molar refractivity (Wildman–Crippen MR) is 130 cm³/mol. The maximum absolute atomic E-state index is 13.3. The topological polar surface area (TPSA) is 130 Å². The van der Waals surface area contributed by atoms with Gasteiger partial charge in [0.05, 0.1) is 29.8 Å². The lowest BCUT2D eigenvalue weighted by Crippen LogP contribution is -2.42. The minimum absolute atomic E-state index is 0.000784. The van der Waals surface area contributed by atoms with Gasteiger partial charge in [-0.1, -0.05) is 36.0 Å². The summed E-state index contributed by atoms with van der Waals surface area (Å²) in [6, 6.07) is 16.3. The number of amidine groups is 2. The molecule has 2 aromatic carbocycles. The van der Waals surface area contributed by atoms with E-state index in [1.807, 2.05) is 24.3 Å². The molecule has 0 aliphatic carbocycles. The van der Waals surface area contributed by atoms with E-state index in [0.29, 0.717) is 33.8 Å². The molecule has 0 spiro atoms. The van der Waals surface area contributed by atoms with E-state index < -0.39 is 11.0 Å². The molecule has 11 heteroatoms. The lowest BCUT2D eigenvalue weighted by Gasteiger charge is -2.25. The first-order valence-corrected chi connectivity index (χ1v) is 11.7. The lowest BCUT2D eigenvalue weighted by atomic mass is 10.1. The Labute approximate surface area is 203 Å². The molecule has 2 aliphatic heterocycles. The Bertz CT molecular complexity index is 1370. The van der Waals surface area contributed by atoms with Crippen molar-refractivity contribution in [2.75, 3.05) is 0 Å². The molecular weight excluding hydrogens is 470 g/mol. The highest BCUT2D eigenvalue weighted by molar-refractivity contribution is 8.13. The van der Waals surface area contributed by atoms with Gasteiger partial charge in [0.2, 0.25) is 5.91 Å². The third kappa shape index (κ3) is 4.71. The van der Waals surface area contributed by atoms with Crippen LogP contribution in [0.4, 0.5) is 11.4 Å². The molecule has 176 valence electrons. The SMILES string of the molecule is O=C(C[C@@H]1N=C2c3ccccc3N=C(SCc3cccc([N+](=O)[O-])c3)N2C1=O)NCc1ccco1. The van der Waals surface area contributed by atoms with Crippen LogP contribution in [0, 0.1) is 10.1 Å². The second-order valence-electron chi connectivity index (χ2n) is 7.83. The van der Waals surface area contributed by atoms with E-state index in [1.165, 1.54) is 35.1 Å². The molecule has 0 bridgehead atoms. The van der Waals surface area contributed by atoms with Crippen LogP contribution in [0.2, 0.25) is 0 Å². The number of carbonyl (C=O) groups is 2. The normalized spacial score (nSPS) is 16.3. The summed E-state index contributed by atoms with van der Waals surface area (Å²) >= 11 is 1.28. The minimum Gasteiger partial charge on any atom is -0.467 e. The van der Waals surface area contributed by atoms with Gasteiger partial charge < -0.3 is 9.73 Å². The van der Waals surface area contributed by atoms with Crippen LogP contribution in [-0.2, 0) is 21.9 Å². The molecule has 5 rings (SSSR count). The Balaban J connectivity index is 1.35. The zero-order valence-electron chi connectivity index (χ0n) is 18.3. The molecule has 0 radical (unpaired) electrons. The number of para-hydroxylation sites is 1. The number of benzene rings is 2. The number of aliphatic imine (C=N–C) groups is 2. The Kier molecular flexibility index (Phi) is 6.15. The van der Waals surface area contributed by atoms with E-state index in [-0.39, 0.29) is 30.5 Å². The van der Waals surface area contributed by atoms with Crippen LogP contribution >= 0.6 is 11.8 Å². The summed E-state index contributed by atoms with van der Waals surface area (Å²) in [5.41, 5.74) is 2.10. The number of nitro groups is 1. The number of non-ortho nitro benzene ring substituents is 1. The van der Waals surface area contributed by atoms with Gasteiger partial charge in [-0.3, -0.25) is 24.7 Å². The van der Waals surface area contributed by atoms with Crippen molar-refractivity contribution in [3.63, 3.8) is 0 Å². The fraction of sp³-hybridized carbons (Fsp3) is 0.167. The molecule has 10 nitrogen and oxygen atoms in total. The highest BCUT2D eigenvalue weighted by Crippen LogP contribution is 2.35. The summed E-state index contributed by atoms with van der Waals surface area (Å²) in [6.45, 7) is 0.224. The highest BCUT2D eigenvalue weighted by atomic mass is 32.2. The van der Waals surface area contributed by atoms with Gasteiger partial charge in [-0.2, -0.15) is 0 Å². The number of carbonyl (C=O) groups excluding carboxylic acids is 2.